The molecule has 2 atom stereocenters. The van der Waals surface area contributed by atoms with Crippen LogP contribution in [0.4, 0.5) is 13.2 Å². The molecule has 3 nitrogen and oxygen atoms in total. The van der Waals surface area contributed by atoms with Crippen LogP contribution in [-0.4, -0.2) is 14.7 Å². The van der Waals surface area contributed by atoms with Gasteiger partial charge in [-0.25, -0.2) is 17.9 Å². The highest BCUT2D eigenvalue weighted by molar-refractivity contribution is 7.77. The van der Waals surface area contributed by atoms with E-state index in [0.717, 1.165) is 6.07 Å². The standard InChI is InChI=1S/C9H7ClF3NO2S/c10-7-5(11)2-1-4-3-9(12,13)8(6(4)7)14-17(15)16/h1-2,8,14H,3H2,(H,15,16)/p-1/t8-/m0/s1. The second kappa shape index (κ2) is 4.24. The summed E-state index contributed by atoms with van der Waals surface area (Å²) in [6, 6.07) is 0.340. The lowest BCUT2D eigenvalue weighted by molar-refractivity contribution is -0.0189. The average molecular weight is 285 g/mol. The third-order valence-corrected chi connectivity index (χ3v) is 3.39. The predicted molar refractivity (Wildman–Crippen MR) is 54.9 cm³/mol. The molecule has 8 heteroatoms. The molecule has 0 aromatic heterocycles. The molecule has 0 fully saturated rings. The Morgan fingerprint density at radius 3 is 2.76 bits per heavy atom. The van der Waals surface area contributed by atoms with Crippen LogP contribution in [0, 0.1) is 5.82 Å². The van der Waals surface area contributed by atoms with E-state index in [0.29, 0.717) is 0 Å². The molecule has 94 valence electrons. The fourth-order valence-corrected chi connectivity index (χ4v) is 2.66. The zero-order chi connectivity index (χ0) is 12.8. The van der Waals surface area contributed by atoms with Crippen molar-refractivity contribution in [2.24, 2.45) is 0 Å². The Kier molecular flexibility index (Phi) is 3.19. The van der Waals surface area contributed by atoms with Gasteiger partial charge in [-0.1, -0.05) is 17.7 Å². The normalized spacial score (nSPS) is 23.5. The Morgan fingerprint density at radius 1 is 1.53 bits per heavy atom. The molecule has 0 amide bonds. The monoisotopic (exact) mass is 284 g/mol. The summed E-state index contributed by atoms with van der Waals surface area (Å²) in [4.78, 5) is 0. The molecule has 1 aliphatic rings. The summed E-state index contributed by atoms with van der Waals surface area (Å²) in [5.41, 5.74) is -0.0507. The Labute approximate surface area is 102 Å². The van der Waals surface area contributed by atoms with E-state index in [1.54, 1.807) is 4.72 Å². The van der Waals surface area contributed by atoms with E-state index in [-0.39, 0.29) is 11.1 Å². The Bertz CT molecular complexity index is 497. The lowest BCUT2D eigenvalue weighted by Gasteiger charge is -2.22. The first-order chi connectivity index (χ1) is 7.83. The topological polar surface area (TPSA) is 52.2 Å². The summed E-state index contributed by atoms with van der Waals surface area (Å²) in [6.07, 6.45) is -0.669. The van der Waals surface area contributed by atoms with E-state index in [2.05, 4.69) is 0 Å². The first-order valence-electron chi connectivity index (χ1n) is 4.53. The van der Waals surface area contributed by atoms with Crippen LogP contribution in [0.15, 0.2) is 12.1 Å². The van der Waals surface area contributed by atoms with Crippen LogP contribution in [-0.2, 0) is 17.7 Å². The SMILES string of the molecule is O=S([O-])N[C@H]1c2c(ccc(F)c2Cl)CC1(F)F. The first kappa shape index (κ1) is 12.8. The minimum atomic E-state index is -3.32. The van der Waals surface area contributed by atoms with E-state index in [1.165, 1.54) is 6.07 Å². The molecule has 17 heavy (non-hydrogen) atoms. The average Bonchev–Trinajstić information content (AvgIpc) is 2.45. The maximum Gasteiger partial charge on any atom is 0.272 e. The van der Waals surface area contributed by atoms with Crippen molar-refractivity contribution < 1.29 is 21.9 Å². The summed E-state index contributed by atoms with van der Waals surface area (Å²) in [6.45, 7) is 0. The number of alkyl halides is 2. The number of halogens is 4. The highest BCUT2D eigenvalue weighted by atomic mass is 35.5. The molecule has 0 radical (unpaired) electrons. The highest BCUT2D eigenvalue weighted by Gasteiger charge is 2.49. The number of nitrogens with one attached hydrogen (secondary N) is 1. The smallest absolute Gasteiger partial charge is 0.272 e. The highest BCUT2D eigenvalue weighted by Crippen LogP contribution is 2.46. The maximum atomic E-state index is 13.6. The van der Waals surface area contributed by atoms with Crippen LogP contribution in [0.5, 0.6) is 0 Å². The molecule has 1 N–H and O–H groups in total. The summed E-state index contributed by atoms with van der Waals surface area (Å²) < 4.78 is 62.9. The van der Waals surface area contributed by atoms with Crippen molar-refractivity contribution in [2.45, 2.75) is 18.4 Å². The third kappa shape index (κ3) is 2.20. The van der Waals surface area contributed by atoms with Crippen LogP contribution in [0.1, 0.15) is 17.2 Å². The molecule has 0 heterocycles. The van der Waals surface area contributed by atoms with Gasteiger partial charge in [0.2, 0.25) is 0 Å². The van der Waals surface area contributed by atoms with Crippen molar-refractivity contribution in [1.82, 2.24) is 4.72 Å². The minimum absolute atomic E-state index is 0.143. The fraction of sp³-hybridized carbons (Fsp3) is 0.333. The first-order valence-corrected chi connectivity index (χ1v) is 5.98. The second-order valence-electron chi connectivity index (χ2n) is 3.66. The lowest BCUT2D eigenvalue weighted by Crippen LogP contribution is -2.35. The van der Waals surface area contributed by atoms with Gasteiger partial charge in [0.15, 0.2) is 0 Å². The fourth-order valence-electron chi connectivity index (χ4n) is 1.88. The maximum absolute atomic E-state index is 13.6. The number of hydrogen-bond donors (Lipinski definition) is 1. The van der Waals surface area contributed by atoms with Crippen molar-refractivity contribution in [3.8, 4) is 0 Å². The number of rotatable bonds is 2. The molecular weight excluding hydrogens is 279 g/mol. The molecule has 1 aliphatic carbocycles. The lowest BCUT2D eigenvalue weighted by atomic mass is 10.1. The number of benzene rings is 1. The van der Waals surface area contributed by atoms with Crippen LogP contribution in [0.2, 0.25) is 5.02 Å². The van der Waals surface area contributed by atoms with Gasteiger partial charge in [0.1, 0.15) is 11.9 Å². The Morgan fingerprint density at radius 2 is 2.18 bits per heavy atom. The molecule has 1 unspecified atom stereocenters. The zero-order valence-corrected chi connectivity index (χ0v) is 9.75. The van der Waals surface area contributed by atoms with Crippen molar-refractivity contribution in [3.63, 3.8) is 0 Å². The van der Waals surface area contributed by atoms with Crippen molar-refractivity contribution in [2.75, 3.05) is 0 Å². The van der Waals surface area contributed by atoms with Gasteiger partial charge in [0.25, 0.3) is 5.92 Å². The van der Waals surface area contributed by atoms with Gasteiger partial charge in [0, 0.05) is 23.3 Å². The zero-order valence-electron chi connectivity index (χ0n) is 8.18. The van der Waals surface area contributed by atoms with Gasteiger partial charge in [0.05, 0.1) is 5.02 Å². The Hall–Kier alpha value is -0.630. The van der Waals surface area contributed by atoms with Crippen LogP contribution < -0.4 is 4.72 Å². The van der Waals surface area contributed by atoms with Gasteiger partial charge in [-0.05, 0) is 11.6 Å². The molecule has 0 saturated carbocycles. The third-order valence-electron chi connectivity index (χ3n) is 2.57. The summed E-state index contributed by atoms with van der Waals surface area (Å²) in [5.74, 6) is -4.17. The molecule has 0 aliphatic heterocycles. The van der Waals surface area contributed by atoms with E-state index >= 15 is 0 Å². The summed E-state index contributed by atoms with van der Waals surface area (Å²) in [5, 5.41) is -0.470. The summed E-state index contributed by atoms with van der Waals surface area (Å²) in [7, 11) is 0. The van der Waals surface area contributed by atoms with Crippen molar-refractivity contribution >= 4 is 22.9 Å². The largest absolute Gasteiger partial charge is 0.760 e. The molecule has 0 saturated heterocycles. The molecular formula is C9H6ClF3NO2S-. The van der Waals surface area contributed by atoms with Crippen molar-refractivity contribution in [3.05, 3.63) is 34.1 Å². The predicted octanol–water partition coefficient (Wildman–Crippen LogP) is 2.10. The van der Waals surface area contributed by atoms with Gasteiger partial charge in [-0.2, -0.15) is 0 Å². The van der Waals surface area contributed by atoms with E-state index < -0.39 is 40.5 Å². The van der Waals surface area contributed by atoms with Crippen molar-refractivity contribution in [1.29, 1.82) is 0 Å². The van der Waals surface area contributed by atoms with E-state index in [9.17, 15) is 21.9 Å². The Balaban J connectivity index is 2.53. The number of fused-ring (bicyclic) bond motifs is 1. The van der Waals surface area contributed by atoms with Gasteiger partial charge in [-0.3, -0.25) is 4.21 Å². The molecule has 2 rings (SSSR count). The number of hydrogen-bond acceptors (Lipinski definition) is 2. The molecule has 0 bridgehead atoms. The van der Waals surface area contributed by atoms with Gasteiger partial charge >= 0.3 is 0 Å². The minimum Gasteiger partial charge on any atom is -0.760 e. The van der Waals surface area contributed by atoms with Crippen LogP contribution in [0.3, 0.4) is 0 Å². The van der Waals surface area contributed by atoms with Crippen LogP contribution in [0.25, 0.3) is 0 Å². The van der Waals surface area contributed by atoms with Gasteiger partial charge < -0.3 is 4.55 Å². The molecule has 1 aromatic rings. The van der Waals surface area contributed by atoms with Gasteiger partial charge in [-0.15, -0.1) is 0 Å². The molecule has 1 aromatic carbocycles. The van der Waals surface area contributed by atoms with E-state index in [1.807, 2.05) is 0 Å². The quantitative estimate of drug-likeness (QED) is 0.846. The second-order valence-corrected chi connectivity index (χ2v) is 4.74. The van der Waals surface area contributed by atoms with Crippen LogP contribution >= 0.6 is 11.6 Å². The van der Waals surface area contributed by atoms with E-state index in [4.69, 9.17) is 11.6 Å². The molecule has 0 spiro atoms. The summed E-state index contributed by atoms with van der Waals surface area (Å²) >= 11 is 2.71.